The van der Waals surface area contributed by atoms with Crippen molar-refractivity contribution >= 4 is 16.7 Å². The predicted molar refractivity (Wildman–Crippen MR) is 65.8 cm³/mol. The summed E-state index contributed by atoms with van der Waals surface area (Å²) in [4.78, 5) is 1.71. The number of piperazine rings is 1. The maximum absolute atomic E-state index is 14.1. The van der Waals surface area contributed by atoms with E-state index in [1.807, 2.05) is 6.92 Å². The standard InChI is InChI=1S/C13H13F3N2O/c1-7-6-17-3-4-18(7)12-11(16)10(15)9(14)8-2-5-19-13(8)12/h2,5,7,17H,3-4,6H2,1H3/t7-/m0/s1. The summed E-state index contributed by atoms with van der Waals surface area (Å²) in [6.45, 7) is 3.71. The number of hydrogen-bond acceptors (Lipinski definition) is 3. The molecule has 1 aromatic heterocycles. The smallest absolute Gasteiger partial charge is 0.197 e. The minimum atomic E-state index is -1.45. The normalized spacial score (nSPS) is 20.2. The average molecular weight is 270 g/mol. The van der Waals surface area contributed by atoms with Gasteiger partial charge in [-0.2, -0.15) is 0 Å². The molecule has 0 saturated carbocycles. The molecule has 3 rings (SSSR count). The minimum Gasteiger partial charge on any atom is -0.462 e. The van der Waals surface area contributed by atoms with Crippen LogP contribution < -0.4 is 10.2 Å². The van der Waals surface area contributed by atoms with E-state index in [-0.39, 0.29) is 22.7 Å². The third-order valence-electron chi connectivity index (χ3n) is 3.50. The van der Waals surface area contributed by atoms with Gasteiger partial charge in [0, 0.05) is 25.7 Å². The highest BCUT2D eigenvalue weighted by molar-refractivity contribution is 5.90. The highest BCUT2D eigenvalue weighted by atomic mass is 19.2. The molecule has 1 atom stereocenters. The molecule has 1 aliphatic heterocycles. The maximum atomic E-state index is 14.1. The van der Waals surface area contributed by atoms with Crippen molar-refractivity contribution in [3.05, 3.63) is 29.8 Å². The van der Waals surface area contributed by atoms with Gasteiger partial charge in [0.15, 0.2) is 23.0 Å². The topological polar surface area (TPSA) is 28.4 Å². The third-order valence-corrected chi connectivity index (χ3v) is 3.50. The van der Waals surface area contributed by atoms with Crippen LogP contribution in [0.25, 0.3) is 11.0 Å². The van der Waals surface area contributed by atoms with Gasteiger partial charge in [0.25, 0.3) is 0 Å². The van der Waals surface area contributed by atoms with Crippen molar-refractivity contribution in [1.82, 2.24) is 5.32 Å². The summed E-state index contributed by atoms with van der Waals surface area (Å²) >= 11 is 0. The van der Waals surface area contributed by atoms with Crippen molar-refractivity contribution in [1.29, 1.82) is 0 Å². The predicted octanol–water partition coefficient (Wildman–Crippen LogP) is 2.65. The van der Waals surface area contributed by atoms with Crippen molar-refractivity contribution < 1.29 is 17.6 Å². The molecular weight excluding hydrogens is 257 g/mol. The van der Waals surface area contributed by atoms with E-state index in [4.69, 9.17) is 4.42 Å². The molecule has 0 bridgehead atoms. The van der Waals surface area contributed by atoms with E-state index in [2.05, 4.69) is 5.32 Å². The van der Waals surface area contributed by atoms with Crippen molar-refractivity contribution in [2.24, 2.45) is 0 Å². The Bertz CT molecular complexity index is 626. The molecule has 2 heterocycles. The largest absolute Gasteiger partial charge is 0.462 e. The first-order chi connectivity index (χ1) is 9.11. The lowest BCUT2D eigenvalue weighted by Crippen LogP contribution is -2.50. The van der Waals surface area contributed by atoms with E-state index >= 15 is 0 Å². The van der Waals surface area contributed by atoms with Gasteiger partial charge in [0.1, 0.15) is 5.69 Å². The second-order valence-corrected chi connectivity index (χ2v) is 4.70. The van der Waals surface area contributed by atoms with Crippen LogP contribution in [0.3, 0.4) is 0 Å². The zero-order valence-electron chi connectivity index (χ0n) is 10.3. The Balaban J connectivity index is 2.24. The lowest BCUT2D eigenvalue weighted by Gasteiger charge is -2.36. The molecule has 1 saturated heterocycles. The Morgan fingerprint density at radius 1 is 1.26 bits per heavy atom. The Kier molecular flexibility index (Phi) is 2.89. The van der Waals surface area contributed by atoms with E-state index in [0.29, 0.717) is 19.6 Å². The fraction of sp³-hybridized carbons (Fsp3) is 0.385. The van der Waals surface area contributed by atoms with Crippen molar-refractivity contribution in [3.8, 4) is 0 Å². The number of rotatable bonds is 1. The highest BCUT2D eigenvalue weighted by Crippen LogP contribution is 2.36. The molecule has 0 radical (unpaired) electrons. The van der Waals surface area contributed by atoms with Crippen LogP contribution in [0, 0.1) is 17.5 Å². The second-order valence-electron chi connectivity index (χ2n) is 4.70. The van der Waals surface area contributed by atoms with Crippen molar-refractivity contribution in [2.45, 2.75) is 13.0 Å². The first kappa shape index (κ1) is 12.3. The fourth-order valence-electron chi connectivity index (χ4n) is 2.51. The summed E-state index contributed by atoms with van der Waals surface area (Å²) < 4.78 is 46.5. The third kappa shape index (κ3) is 1.78. The maximum Gasteiger partial charge on any atom is 0.197 e. The summed E-state index contributed by atoms with van der Waals surface area (Å²) in [5.74, 6) is -3.84. The Morgan fingerprint density at radius 3 is 2.79 bits per heavy atom. The molecule has 2 aromatic rings. The molecule has 6 heteroatoms. The van der Waals surface area contributed by atoms with Crippen molar-refractivity contribution in [3.63, 3.8) is 0 Å². The van der Waals surface area contributed by atoms with Gasteiger partial charge >= 0.3 is 0 Å². The summed E-state index contributed by atoms with van der Waals surface area (Å²) in [5, 5.41) is 3.13. The van der Waals surface area contributed by atoms with Crippen LogP contribution in [0.15, 0.2) is 16.7 Å². The number of furan rings is 1. The zero-order chi connectivity index (χ0) is 13.6. The van der Waals surface area contributed by atoms with Crippen molar-refractivity contribution in [2.75, 3.05) is 24.5 Å². The molecular formula is C13H13F3N2O. The minimum absolute atomic E-state index is 0.00731. The Labute approximate surface area is 108 Å². The van der Waals surface area contributed by atoms with Gasteiger partial charge in [-0.05, 0) is 13.0 Å². The molecule has 1 aromatic carbocycles. The van der Waals surface area contributed by atoms with Crippen LogP contribution in [0.2, 0.25) is 0 Å². The quantitative estimate of drug-likeness (QED) is 0.807. The molecule has 1 N–H and O–H groups in total. The number of nitrogens with one attached hydrogen (secondary N) is 1. The van der Waals surface area contributed by atoms with Crippen LogP contribution in [-0.2, 0) is 0 Å². The van der Waals surface area contributed by atoms with Crippen LogP contribution in [0.1, 0.15) is 6.92 Å². The second kappa shape index (κ2) is 4.45. The lowest BCUT2D eigenvalue weighted by atomic mass is 10.1. The van der Waals surface area contributed by atoms with Gasteiger partial charge in [0.05, 0.1) is 11.6 Å². The first-order valence-electron chi connectivity index (χ1n) is 6.12. The summed E-state index contributed by atoms with van der Waals surface area (Å²) in [5.41, 5.74) is 0.0676. The van der Waals surface area contributed by atoms with Crippen LogP contribution >= 0.6 is 0 Å². The lowest BCUT2D eigenvalue weighted by molar-refractivity contribution is 0.439. The Hall–Kier alpha value is -1.69. The average Bonchev–Trinajstić information content (AvgIpc) is 2.87. The van der Waals surface area contributed by atoms with Gasteiger partial charge in [-0.1, -0.05) is 0 Å². The highest BCUT2D eigenvalue weighted by Gasteiger charge is 2.29. The molecule has 0 unspecified atom stereocenters. The molecule has 1 aliphatic rings. The van der Waals surface area contributed by atoms with Gasteiger partial charge in [-0.25, -0.2) is 13.2 Å². The first-order valence-corrected chi connectivity index (χ1v) is 6.12. The van der Waals surface area contributed by atoms with Gasteiger partial charge in [-0.15, -0.1) is 0 Å². The summed E-state index contributed by atoms with van der Waals surface area (Å²) in [7, 11) is 0. The Morgan fingerprint density at radius 2 is 2.05 bits per heavy atom. The molecule has 19 heavy (non-hydrogen) atoms. The number of nitrogens with zero attached hydrogens (tertiary/aromatic N) is 1. The number of anilines is 1. The number of hydrogen-bond donors (Lipinski definition) is 1. The van der Waals surface area contributed by atoms with E-state index in [9.17, 15) is 13.2 Å². The molecule has 0 spiro atoms. The van der Waals surface area contributed by atoms with Gasteiger partial charge in [0.2, 0.25) is 0 Å². The molecule has 102 valence electrons. The van der Waals surface area contributed by atoms with Gasteiger partial charge in [-0.3, -0.25) is 0 Å². The summed E-state index contributed by atoms with van der Waals surface area (Å²) in [6, 6.07) is 1.28. The molecule has 1 fully saturated rings. The molecule has 3 nitrogen and oxygen atoms in total. The van der Waals surface area contributed by atoms with E-state index in [0.717, 1.165) is 0 Å². The molecule has 0 amide bonds. The van der Waals surface area contributed by atoms with Crippen LogP contribution in [-0.4, -0.2) is 25.7 Å². The van der Waals surface area contributed by atoms with E-state index < -0.39 is 17.5 Å². The zero-order valence-corrected chi connectivity index (χ0v) is 10.3. The molecule has 0 aliphatic carbocycles. The SMILES string of the molecule is C[C@H]1CNCCN1c1c(F)c(F)c(F)c2ccoc12. The number of fused-ring (bicyclic) bond motifs is 1. The summed E-state index contributed by atoms with van der Waals surface area (Å²) in [6.07, 6.45) is 1.24. The van der Waals surface area contributed by atoms with Crippen LogP contribution in [0.5, 0.6) is 0 Å². The fourth-order valence-corrected chi connectivity index (χ4v) is 2.51. The van der Waals surface area contributed by atoms with Crippen LogP contribution in [0.4, 0.5) is 18.9 Å². The number of halogens is 3. The van der Waals surface area contributed by atoms with E-state index in [1.54, 1.807) is 4.90 Å². The van der Waals surface area contributed by atoms with E-state index in [1.165, 1.54) is 12.3 Å². The monoisotopic (exact) mass is 270 g/mol. The number of benzene rings is 1. The van der Waals surface area contributed by atoms with Gasteiger partial charge < -0.3 is 14.6 Å².